The van der Waals surface area contributed by atoms with E-state index in [1.165, 1.54) is 25.0 Å². The molecule has 1 saturated carbocycles. The van der Waals surface area contributed by atoms with E-state index in [9.17, 15) is 4.39 Å². The third-order valence-electron chi connectivity index (χ3n) is 3.29. The summed E-state index contributed by atoms with van der Waals surface area (Å²) in [6, 6.07) is 3.23. The zero-order valence-corrected chi connectivity index (χ0v) is 10.0. The van der Waals surface area contributed by atoms with E-state index >= 15 is 0 Å². The van der Waals surface area contributed by atoms with Crippen LogP contribution in [-0.2, 0) is 0 Å². The van der Waals surface area contributed by atoms with E-state index in [1.807, 2.05) is 0 Å². The molecule has 2 atom stereocenters. The van der Waals surface area contributed by atoms with Crippen LogP contribution in [0.25, 0.3) is 0 Å². The summed E-state index contributed by atoms with van der Waals surface area (Å²) in [5.41, 5.74) is 6.96. The second kappa shape index (κ2) is 4.50. The van der Waals surface area contributed by atoms with Crippen molar-refractivity contribution in [3.63, 3.8) is 0 Å². The van der Waals surface area contributed by atoms with E-state index in [-0.39, 0.29) is 5.02 Å². The van der Waals surface area contributed by atoms with Gasteiger partial charge in [-0.1, -0.05) is 24.9 Å². The van der Waals surface area contributed by atoms with Crippen LogP contribution in [0.15, 0.2) is 12.1 Å². The third-order valence-corrected chi connectivity index (χ3v) is 3.58. The van der Waals surface area contributed by atoms with Crippen molar-refractivity contribution in [3.8, 4) is 0 Å². The fourth-order valence-electron chi connectivity index (χ4n) is 2.25. The van der Waals surface area contributed by atoms with Crippen LogP contribution in [0, 0.1) is 11.7 Å². The smallest absolute Gasteiger partial charge is 0.143 e. The summed E-state index contributed by atoms with van der Waals surface area (Å²) in [5, 5.41) is 3.38. The van der Waals surface area contributed by atoms with Crippen LogP contribution in [0.3, 0.4) is 0 Å². The van der Waals surface area contributed by atoms with Gasteiger partial charge in [-0.3, -0.25) is 0 Å². The summed E-state index contributed by atoms with van der Waals surface area (Å²) >= 11 is 5.65. The number of hydrogen-bond donors (Lipinski definition) is 2. The maximum atomic E-state index is 13.3. The van der Waals surface area contributed by atoms with Gasteiger partial charge in [-0.25, -0.2) is 4.39 Å². The van der Waals surface area contributed by atoms with Gasteiger partial charge in [0.05, 0.1) is 16.4 Å². The topological polar surface area (TPSA) is 38.0 Å². The molecule has 3 N–H and O–H groups in total. The molecule has 1 aliphatic carbocycles. The van der Waals surface area contributed by atoms with Gasteiger partial charge in [-0.2, -0.15) is 0 Å². The minimum atomic E-state index is -0.427. The summed E-state index contributed by atoms with van der Waals surface area (Å²) in [7, 11) is 0. The minimum Gasteiger partial charge on any atom is -0.397 e. The lowest BCUT2D eigenvalue weighted by Gasteiger charge is -2.20. The molecule has 0 saturated heterocycles. The summed E-state index contributed by atoms with van der Waals surface area (Å²) in [4.78, 5) is 0. The average Bonchev–Trinajstić information content (AvgIpc) is 2.61. The van der Waals surface area contributed by atoms with Crippen molar-refractivity contribution in [2.45, 2.75) is 32.2 Å². The van der Waals surface area contributed by atoms with E-state index in [4.69, 9.17) is 17.3 Å². The quantitative estimate of drug-likeness (QED) is 0.777. The van der Waals surface area contributed by atoms with Crippen molar-refractivity contribution in [3.05, 3.63) is 23.0 Å². The highest BCUT2D eigenvalue weighted by atomic mass is 35.5. The van der Waals surface area contributed by atoms with Crippen LogP contribution in [-0.4, -0.2) is 6.04 Å². The van der Waals surface area contributed by atoms with Gasteiger partial charge in [-0.15, -0.1) is 0 Å². The summed E-state index contributed by atoms with van der Waals surface area (Å²) in [6.45, 7) is 2.20. The maximum absolute atomic E-state index is 13.3. The summed E-state index contributed by atoms with van der Waals surface area (Å²) in [6.07, 6.45) is 3.55. The van der Waals surface area contributed by atoms with E-state index < -0.39 is 5.82 Å². The molecule has 0 spiro atoms. The molecule has 0 aliphatic heterocycles. The van der Waals surface area contributed by atoms with Gasteiger partial charge in [0.1, 0.15) is 5.82 Å². The van der Waals surface area contributed by atoms with E-state index in [2.05, 4.69) is 12.2 Å². The Morgan fingerprint density at radius 3 is 2.81 bits per heavy atom. The zero-order valence-electron chi connectivity index (χ0n) is 9.26. The second-order valence-electron chi connectivity index (χ2n) is 4.51. The summed E-state index contributed by atoms with van der Waals surface area (Å²) in [5.74, 6) is 0.183. The summed E-state index contributed by atoms with van der Waals surface area (Å²) < 4.78 is 13.3. The standard InChI is InChI=1S/C12H16ClFN2/c1-7-3-2-4-11(7)16-12-6-9(14)8(13)5-10(12)15/h5-7,11,16H,2-4,15H2,1H3. The van der Waals surface area contributed by atoms with Crippen molar-refractivity contribution < 1.29 is 4.39 Å². The molecule has 1 aliphatic rings. The van der Waals surface area contributed by atoms with Crippen molar-refractivity contribution in [2.75, 3.05) is 11.1 Å². The van der Waals surface area contributed by atoms with Crippen LogP contribution < -0.4 is 11.1 Å². The molecule has 0 radical (unpaired) electrons. The Balaban J connectivity index is 2.18. The molecule has 0 amide bonds. The molecular formula is C12H16ClFN2. The van der Waals surface area contributed by atoms with Gasteiger partial charge in [0, 0.05) is 12.1 Å². The van der Waals surface area contributed by atoms with Crippen LogP contribution in [0.4, 0.5) is 15.8 Å². The highest BCUT2D eigenvalue weighted by molar-refractivity contribution is 6.31. The number of halogens is 2. The fraction of sp³-hybridized carbons (Fsp3) is 0.500. The van der Waals surface area contributed by atoms with E-state index in [0.29, 0.717) is 23.3 Å². The molecule has 16 heavy (non-hydrogen) atoms. The molecule has 2 unspecified atom stereocenters. The minimum absolute atomic E-state index is 0.0718. The second-order valence-corrected chi connectivity index (χ2v) is 4.92. The molecule has 4 heteroatoms. The Morgan fingerprint density at radius 1 is 1.44 bits per heavy atom. The lowest BCUT2D eigenvalue weighted by Crippen LogP contribution is -2.22. The lowest BCUT2D eigenvalue weighted by atomic mass is 10.1. The van der Waals surface area contributed by atoms with Gasteiger partial charge in [0.2, 0.25) is 0 Å². The zero-order chi connectivity index (χ0) is 11.7. The first kappa shape index (κ1) is 11.5. The number of nitrogens with one attached hydrogen (secondary N) is 1. The van der Waals surface area contributed by atoms with E-state index in [0.717, 1.165) is 6.42 Å². The van der Waals surface area contributed by atoms with Crippen molar-refractivity contribution in [1.29, 1.82) is 0 Å². The first-order valence-electron chi connectivity index (χ1n) is 5.59. The molecule has 1 fully saturated rings. The number of nitrogen functional groups attached to an aromatic ring is 1. The number of anilines is 2. The van der Waals surface area contributed by atoms with Crippen molar-refractivity contribution in [1.82, 2.24) is 0 Å². The lowest BCUT2D eigenvalue weighted by molar-refractivity contribution is 0.555. The predicted octanol–water partition coefficient (Wildman–Crippen LogP) is 3.66. The third kappa shape index (κ3) is 2.24. The Bertz CT molecular complexity index is 395. The first-order valence-corrected chi connectivity index (χ1v) is 5.97. The fourth-order valence-corrected chi connectivity index (χ4v) is 2.42. The molecule has 0 aromatic heterocycles. The average molecular weight is 243 g/mol. The molecule has 1 aromatic carbocycles. The molecule has 2 rings (SSSR count). The number of nitrogens with two attached hydrogens (primary N) is 1. The van der Waals surface area contributed by atoms with Crippen molar-refractivity contribution >= 4 is 23.0 Å². The SMILES string of the molecule is CC1CCCC1Nc1cc(F)c(Cl)cc1N. The number of rotatable bonds is 2. The highest BCUT2D eigenvalue weighted by Gasteiger charge is 2.23. The monoisotopic (exact) mass is 242 g/mol. The predicted molar refractivity (Wildman–Crippen MR) is 66.2 cm³/mol. The van der Waals surface area contributed by atoms with Crippen LogP contribution in [0.1, 0.15) is 26.2 Å². The normalized spacial score (nSPS) is 24.7. The first-order chi connectivity index (χ1) is 7.58. The Labute approximate surface area is 100.0 Å². The molecule has 88 valence electrons. The van der Waals surface area contributed by atoms with Crippen LogP contribution >= 0.6 is 11.6 Å². The Hall–Kier alpha value is -0.960. The number of hydrogen-bond acceptors (Lipinski definition) is 2. The van der Waals surface area contributed by atoms with Gasteiger partial charge >= 0.3 is 0 Å². The van der Waals surface area contributed by atoms with Gasteiger partial charge < -0.3 is 11.1 Å². The Kier molecular flexibility index (Phi) is 3.24. The van der Waals surface area contributed by atoms with Gasteiger partial charge in [0.15, 0.2) is 0 Å². The van der Waals surface area contributed by atoms with Crippen molar-refractivity contribution in [2.24, 2.45) is 5.92 Å². The largest absolute Gasteiger partial charge is 0.397 e. The van der Waals surface area contributed by atoms with Gasteiger partial charge in [-0.05, 0) is 24.8 Å². The molecule has 1 aromatic rings. The highest BCUT2D eigenvalue weighted by Crippen LogP contribution is 2.32. The molecule has 2 nitrogen and oxygen atoms in total. The van der Waals surface area contributed by atoms with Crippen LogP contribution in [0.2, 0.25) is 5.02 Å². The Morgan fingerprint density at radius 2 is 2.19 bits per heavy atom. The van der Waals surface area contributed by atoms with Gasteiger partial charge in [0.25, 0.3) is 0 Å². The molecular weight excluding hydrogens is 227 g/mol. The number of benzene rings is 1. The van der Waals surface area contributed by atoms with Crippen LogP contribution in [0.5, 0.6) is 0 Å². The van der Waals surface area contributed by atoms with E-state index in [1.54, 1.807) is 0 Å². The molecule has 0 bridgehead atoms. The molecule has 0 heterocycles. The maximum Gasteiger partial charge on any atom is 0.143 e.